The molecule has 1 aliphatic rings. The van der Waals surface area contributed by atoms with E-state index in [0.717, 1.165) is 12.2 Å². The molecule has 0 amide bonds. The molecule has 0 saturated carbocycles. The lowest BCUT2D eigenvalue weighted by molar-refractivity contribution is -0.132. The Kier molecular flexibility index (Phi) is 5.03. The van der Waals surface area contributed by atoms with E-state index in [1.54, 1.807) is 0 Å². The van der Waals surface area contributed by atoms with E-state index in [1.807, 2.05) is 0 Å². The summed E-state index contributed by atoms with van der Waals surface area (Å²) >= 11 is 0. The van der Waals surface area contributed by atoms with Gasteiger partial charge in [0.05, 0.1) is 21.3 Å². The maximum absolute atomic E-state index is 12.3. The van der Waals surface area contributed by atoms with Crippen molar-refractivity contribution in [1.82, 2.24) is 0 Å². The minimum absolute atomic E-state index is 0.0572. The lowest BCUT2D eigenvalue weighted by Gasteiger charge is -2.17. The number of carbonyl (C=O) groups is 3. The van der Waals surface area contributed by atoms with E-state index in [-0.39, 0.29) is 22.6 Å². The summed E-state index contributed by atoms with van der Waals surface area (Å²) in [5.74, 6) is -0.818. The first-order valence-corrected chi connectivity index (χ1v) is 6.92. The minimum Gasteiger partial charge on any atom is -0.493 e. The molecule has 0 unspecified atom stereocenters. The molecule has 126 valence electrons. The first kappa shape index (κ1) is 17.3. The van der Waals surface area contributed by atoms with Crippen molar-refractivity contribution in [1.29, 1.82) is 0 Å². The van der Waals surface area contributed by atoms with Crippen molar-refractivity contribution in [3.8, 4) is 17.2 Å². The summed E-state index contributed by atoms with van der Waals surface area (Å²) in [5, 5.41) is 0. The van der Waals surface area contributed by atoms with Gasteiger partial charge in [0.1, 0.15) is 5.75 Å². The number of allylic oxidation sites excluding steroid dienone is 3. The maximum atomic E-state index is 12.3. The third-order valence-electron chi connectivity index (χ3n) is 3.30. The van der Waals surface area contributed by atoms with Crippen LogP contribution in [-0.2, 0) is 19.1 Å². The van der Waals surface area contributed by atoms with E-state index in [0.29, 0.717) is 11.5 Å². The van der Waals surface area contributed by atoms with Gasteiger partial charge in [-0.05, 0) is 6.07 Å². The first-order valence-electron chi connectivity index (χ1n) is 6.92. The van der Waals surface area contributed by atoms with Crippen LogP contribution in [0.3, 0.4) is 0 Å². The average molecular weight is 332 g/mol. The molecule has 0 saturated heterocycles. The van der Waals surface area contributed by atoms with Crippen molar-refractivity contribution >= 4 is 23.1 Å². The molecule has 0 spiro atoms. The van der Waals surface area contributed by atoms with Gasteiger partial charge in [-0.3, -0.25) is 14.4 Å². The molecule has 0 heterocycles. The number of rotatable bonds is 5. The van der Waals surface area contributed by atoms with Crippen LogP contribution in [0.1, 0.15) is 12.5 Å². The predicted molar refractivity (Wildman–Crippen MR) is 83.9 cm³/mol. The van der Waals surface area contributed by atoms with Gasteiger partial charge in [0.15, 0.2) is 23.0 Å². The van der Waals surface area contributed by atoms with Gasteiger partial charge in [-0.1, -0.05) is 0 Å². The largest absolute Gasteiger partial charge is 0.493 e. The molecule has 0 atom stereocenters. The fourth-order valence-electron chi connectivity index (χ4n) is 2.22. The van der Waals surface area contributed by atoms with Crippen LogP contribution < -0.4 is 14.2 Å². The second kappa shape index (κ2) is 6.99. The van der Waals surface area contributed by atoms with E-state index in [2.05, 4.69) is 0 Å². The van der Waals surface area contributed by atoms with Crippen LogP contribution in [0, 0.1) is 0 Å². The molecule has 7 nitrogen and oxygen atoms in total. The molecular formula is C17H16O7. The third-order valence-corrected chi connectivity index (χ3v) is 3.30. The van der Waals surface area contributed by atoms with E-state index >= 15 is 0 Å². The molecule has 1 aromatic rings. The number of ether oxygens (including phenoxy) is 4. The van der Waals surface area contributed by atoms with Gasteiger partial charge < -0.3 is 18.9 Å². The fourth-order valence-corrected chi connectivity index (χ4v) is 2.22. The minimum atomic E-state index is -0.577. The third kappa shape index (κ3) is 3.29. The average Bonchev–Trinajstić information content (AvgIpc) is 2.55. The SMILES string of the molecule is COC1=CC(=O)C(c2cc(OC)c(OC)cc2OC(C)=O)=CC1=O. The lowest BCUT2D eigenvalue weighted by Crippen LogP contribution is -2.15. The van der Waals surface area contributed by atoms with Crippen LogP contribution in [0.15, 0.2) is 30.0 Å². The van der Waals surface area contributed by atoms with Gasteiger partial charge in [-0.25, -0.2) is 0 Å². The highest BCUT2D eigenvalue weighted by molar-refractivity contribution is 6.35. The van der Waals surface area contributed by atoms with Crippen LogP contribution in [0.25, 0.3) is 5.57 Å². The molecule has 0 bridgehead atoms. The van der Waals surface area contributed by atoms with Crippen LogP contribution >= 0.6 is 0 Å². The molecule has 1 aromatic carbocycles. The zero-order chi connectivity index (χ0) is 17.9. The number of hydrogen-bond donors (Lipinski definition) is 0. The smallest absolute Gasteiger partial charge is 0.308 e. The summed E-state index contributed by atoms with van der Waals surface area (Å²) in [4.78, 5) is 35.6. The Hall–Kier alpha value is -3.09. The standard InChI is InChI=1S/C17H16O7/c1-9(18)24-14-8-17(23-4)16(22-3)6-11(14)10-5-13(20)15(21-2)7-12(10)19/h5-8H,1-4H3. The van der Waals surface area contributed by atoms with E-state index in [9.17, 15) is 14.4 Å². The van der Waals surface area contributed by atoms with Crippen molar-refractivity contribution < 1.29 is 33.3 Å². The number of ketones is 2. The summed E-state index contributed by atoms with van der Waals surface area (Å²) < 4.78 is 20.4. The Morgan fingerprint density at radius 1 is 0.833 bits per heavy atom. The molecule has 0 aromatic heterocycles. The quantitative estimate of drug-likeness (QED) is 0.460. The van der Waals surface area contributed by atoms with E-state index in [4.69, 9.17) is 18.9 Å². The van der Waals surface area contributed by atoms with Crippen LogP contribution in [0.5, 0.6) is 17.2 Å². The number of carbonyl (C=O) groups excluding carboxylic acids is 3. The van der Waals surface area contributed by atoms with Crippen molar-refractivity contribution in [2.24, 2.45) is 0 Å². The first-order chi connectivity index (χ1) is 11.4. The van der Waals surface area contributed by atoms with Crippen molar-refractivity contribution in [2.45, 2.75) is 6.92 Å². The van der Waals surface area contributed by atoms with Gasteiger partial charge in [-0.15, -0.1) is 0 Å². The second-order valence-electron chi connectivity index (χ2n) is 4.80. The van der Waals surface area contributed by atoms with Gasteiger partial charge in [0, 0.05) is 36.3 Å². The molecule has 0 N–H and O–H groups in total. The van der Waals surface area contributed by atoms with Crippen molar-refractivity contribution in [2.75, 3.05) is 21.3 Å². The van der Waals surface area contributed by atoms with Crippen LogP contribution in [0.4, 0.5) is 0 Å². The van der Waals surface area contributed by atoms with E-state index in [1.165, 1.54) is 40.4 Å². The zero-order valence-corrected chi connectivity index (χ0v) is 13.7. The Morgan fingerprint density at radius 2 is 1.46 bits per heavy atom. The number of hydrogen-bond acceptors (Lipinski definition) is 7. The number of esters is 1. The summed E-state index contributed by atoms with van der Waals surface area (Å²) in [5.41, 5.74) is 0.311. The van der Waals surface area contributed by atoms with Crippen LogP contribution in [0.2, 0.25) is 0 Å². The summed E-state index contributed by atoms with van der Waals surface area (Å²) in [6, 6.07) is 2.89. The predicted octanol–water partition coefficient (Wildman–Crippen LogP) is 1.69. The summed E-state index contributed by atoms with van der Waals surface area (Å²) in [7, 11) is 4.16. The molecule has 7 heteroatoms. The number of methoxy groups -OCH3 is 3. The molecule has 0 aliphatic heterocycles. The Balaban J connectivity index is 2.62. The Morgan fingerprint density at radius 3 is 2.00 bits per heavy atom. The highest BCUT2D eigenvalue weighted by Gasteiger charge is 2.26. The highest BCUT2D eigenvalue weighted by atomic mass is 16.5. The molecule has 2 rings (SSSR count). The number of benzene rings is 1. The normalized spacial score (nSPS) is 13.8. The molecule has 0 fully saturated rings. The van der Waals surface area contributed by atoms with Gasteiger partial charge in [-0.2, -0.15) is 0 Å². The maximum Gasteiger partial charge on any atom is 0.308 e. The van der Waals surface area contributed by atoms with Gasteiger partial charge >= 0.3 is 5.97 Å². The van der Waals surface area contributed by atoms with Gasteiger partial charge in [0.25, 0.3) is 0 Å². The topological polar surface area (TPSA) is 88.1 Å². The van der Waals surface area contributed by atoms with Gasteiger partial charge in [0.2, 0.25) is 5.78 Å². The lowest BCUT2D eigenvalue weighted by atomic mass is 9.94. The van der Waals surface area contributed by atoms with Crippen molar-refractivity contribution in [3.63, 3.8) is 0 Å². The highest BCUT2D eigenvalue weighted by Crippen LogP contribution is 2.39. The van der Waals surface area contributed by atoms with Crippen molar-refractivity contribution in [3.05, 3.63) is 35.6 Å². The van der Waals surface area contributed by atoms with E-state index < -0.39 is 17.5 Å². The summed E-state index contributed by atoms with van der Waals surface area (Å²) in [6.45, 7) is 1.23. The molecular weight excluding hydrogens is 316 g/mol. The molecule has 1 aliphatic carbocycles. The van der Waals surface area contributed by atoms with Crippen LogP contribution in [-0.4, -0.2) is 38.9 Å². The molecule has 0 radical (unpaired) electrons. The Bertz CT molecular complexity index is 771. The molecule has 24 heavy (non-hydrogen) atoms. The second-order valence-corrected chi connectivity index (χ2v) is 4.80. The Labute approximate surface area is 138 Å². The monoisotopic (exact) mass is 332 g/mol. The fraction of sp³-hybridized carbons (Fsp3) is 0.235. The zero-order valence-electron chi connectivity index (χ0n) is 13.7. The summed E-state index contributed by atoms with van der Waals surface area (Å²) in [6.07, 6.45) is 2.22.